The molecule has 1 amide bonds. The molecule has 0 aliphatic carbocycles. The van der Waals surface area contributed by atoms with Gasteiger partial charge in [-0.15, -0.1) is 0 Å². The molecule has 1 aromatic carbocycles. The Morgan fingerprint density at radius 1 is 0.923 bits per heavy atom. The van der Waals surface area contributed by atoms with Crippen molar-refractivity contribution in [2.75, 3.05) is 14.2 Å². The molecule has 0 aliphatic rings. The van der Waals surface area contributed by atoms with Gasteiger partial charge in [-0.1, -0.05) is 24.3 Å². The normalized spacial score (nSPS) is 11.5. The fourth-order valence-electron chi connectivity index (χ4n) is 2.70. The van der Waals surface area contributed by atoms with Crippen molar-refractivity contribution in [1.29, 1.82) is 0 Å². The lowest BCUT2D eigenvalue weighted by Gasteiger charge is -2.21. The minimum absolute atomic E-state index is 0.268. The highest BCUT2D eigenvalue weighted by Gasteiger charge is 2.23. The molecule has 2 heterocycles. The highest BCUT2D eigenvalue weighted by molar-refractivity contribution is 5.96. The van der Waals surface area contributed by atoms with Crippen LogP contribution in [0.3, 0.4) is 0 Å². The summed E-state index contributed by atoms with van der Waals surface area (Å²) in [7, 11) is 3.08. The van der Waals surface area contributed by atoms with Crippen LogP contribution in [0.1, 0.15) is 27.7 Å². The van der Waals surface area contributed by atoms with Crippen LogP contribution in [0, 0.1) is 0 Å². The summed E-state index contributed by atoms with van der Waals surface area (Å²) in [5, 5.41) is 3.01. The van der Waals surface area contributed by atoms with Gasteiger partial charge in [-0.2, -0.15) is 0 Å². The lowest BCUT2D eigenvalue weighted by molar-refractivity contribution is 0.0938. The number of amides is 1. The van der Waals surface area contributed by atoms with Crippen LogP contribution in [0.15, 0.2) is 67.0 Å². The van der Waals surface area contributed by atoms with Crippen LogP contribution in [-0.4, -0.2) is 30.1 Å². The van der Waals surface area contributed by atoms with Gasteiger partial charge < -0.3 is 14.8 Å². The molecule has 0 fully saturated rings. The molecule has 1 atom stereocenters. The van der Waals surface area contributed by atoms with E-state index in [0.717, 1.165) is 5.56 Å². The van der Waals surface area contributed by atoms with E-state index < -0.39 is 6.04 Å². The van der Waals surface area contributed by atoms with Crippen molar-refractivity contribution in [3.05, 3.63) is 83.8 Å². The van der Waals surface area contributed by atoms with Gasteiger partial charge in [0.25, 0.3) is 5.91 Å². The molecule has 2 aromatic heterocycles. The predicted octanol–water partition coefficient (Wildman–Crippen LogP) is 3.01. The first kappa shape index (κ1) is 17.4. The van der Waals surface area contributed by atoms with Crippen LogP contribution < -0.4 is 14.8 Å². The fraction of sp³-hybridized carbons (Fsp3) is 0.150. The fourth-order valence-corrected chi connectivity index (χ4v) is 2.70. The van der Waals surface area contributed by atoms with Gasteiger partial charge in [0, 0.05) is 18.0 Å². The maximum Gasteiger partial charge on any atom is 0.257 e. The number of nitrogens with zero attached hydrogens (tertiary/aromatic N) is 2. The first-order chi connectivity index (χ1) is 12.7. The molecule has 6 heteroatoms. The lowest BCUT2D eigenvalue weighted by Crippen LogP contribution is -2.30. The van der Waals surface area contributed by atoms with Gasteiger partial charge in [-0.25, -0.2) is 4.98 Å². The Morgan fingerprint density at radius 3 is 2.42 bits per heavy atom. The van der Waals surface area contributed by atoms with Crippen molar-refractivity contribution in [2.24, 2.45) is 0 Å². The van der Waals surface area contributed by atoms with Crippen LogP contribution in [-0.2, 0) is 0 Å². The molecule has 6 nitrogen and oxygen atoms in total. The minimum atomic E-state index is -0.482. The lowest BCUT2D eigenvalue weighted by atomic mass is 10.0. The third-order valence-corrected chi connectivity index (χ3v) is 3.92. The first-order valence-corrected chi connectivity index (χ1v) is 8.08. The molecule has 1 N–H and O–H groups in total. The van der Waals surface area contributed by atoms with Crippen LogP contribution in [0.25, 0.3) is 0 Å². The minimum Gasteiger partial charge on any atom is -0.496 e. The van der Waals surface area contributed by atoms with Gasteiger partial charge in [0.2, 0.25) is 5.88 Å². The van der Waals surface area contributed by atoms with Crippen molar-refractivity contribution in [2.45, 2.75) is 6.04 Å². The summed E-state index contributed by atoms with van der Waals surface area (Å²) < 4.78 is 10.7. The number of carbonyl (C=O) groups is 1. The molecule has 0 aliphatic heterocycles. The van der Waals surface area contributed by atoms with Crippen molar-refractivity contribution < 1.29 is 14.3 Å². The second kappa shape index (κ2) is 8.11. The molecule has 0 unspecified atom stereocenters. The van der Waals surface area contributed by atoms with E-state index in [-0.39, 0.29) is 11.8 Å². The van der Waals surface area contributed by atoms with Gasteiger partial charge in [0.15, 0.2) is 0 Å². The number of nitrogens with one attached hydrogen (secondary N) is 1. The summed E-state index contributed by atoms with van der Waals surface area (Å²) in [6.45, 7) is 0. The molecule has 0 radical (unpaired) electrons. The molecule has 26 heavy (non-hydrogen) atoms. The zero-order valence-corrected chi connectivity index (χ0v) is 14.5. The number of para-hydroxylation sites is 1. The van der Waals surface area contributed by atoms with E-state index >= 15 is 0 Å². The van der Waals surface area contributed by atoms with Gasteiger partial charge in [-0.3, -0.25) is 9.78 Å². The molecule has 132 valence electrons. The van der Waals surface area contributed by atoms with E-state index in [1.165, 1.54) is 7.11 Å². The summed E-state index contributed by atoms with van der Waals surface area (Å²) in [4.78, 5) is 21.4. The Bertz CT molecular complexity index is 884. The van der Waals surface area contributed by atoms with Crippen LogP contribution in [0.5, 0.6) is 11.6 Å². The highest BCUT2D eigenvalue weighted by atomic mass is 16.5. The van der Waals surface area contributed by atoms with Gasteiger partial charge in [0.1, 0.15) is 17.4 Å². The number of aromatic nitrogens is 2. The summed E-state index contributed by atoms with van der Waals surface area (Å²) in [6, 6.07) is 16.0. The molecule has 0 bridgehead atoms. The summed E-state index contributed by atoms with van der Waals surface area (Å²) in [5.41, 5.74) is 1.86. The average Bonchev–Trinajstić information content (AvgIpc) is 2.72. The van der Waals surface area contributed by atoms with E-state index in [9.17, 15) is 4.79 Å². The number of benzene rings is 1. The zero-order chi connectivity index (χ0) is 18.4. The van der Waals surface area contributed by atoms with E-state index in [1.54, 1.807) is 31.6 Å². The quantitative estimate of drug-likeness (QED) is 0.740. The molecular weight excluding hydrogens is 330 g/mol. The van der Waals surface area contributed by atoms with E-state index in [1.807, 2.05) is 42.5 Å². The summed E-state index contributed by atoms with van der Waals surface area (Å²) >= 11 is 0. The molecule has 0 spiro atoms. The van der Waals surface area contributed by atoms with Gasteiger partial charge >= 0.3 is 0 Å². The number of pyridine rings is 2. The number of ether oxygens (including phenoxy) is 2. The topological polar surface area (TPSA) is 73.3 Å². The second-order valence-corrected chi connectivity index (χ2v) is 5.46. The van der Waals surface area contributed by atoms with Gasteiger partial charge in [-0.05, 0) is 30.3 Å². The van der Waals surface area contributed by atoms with Crippen molar-refractivity contribution in [3.8, 4) is 11.6 Å². The molecule has 3 rings (SSSR count). The van der Waals surface area contributed by atoms with E-state index in [2.05, 4.69) is 15.3 Å². The number of hydrogen-bond acceptors (Lipinski definition) is 5. The third kappa shape index (κ3) is 3.64. The molecular formula is C20H19N3O3. The van der Waals surface area contributed by atoms with Crippen molar-refractivity contribution in [3.63, 3.8) is 0 Å². The SMILES string of the molecule is COc1ccccc1[C@H](NC(=O)c1cccnc1OC)c1ccccn1. The average molecular weight is 349 g/mol. The van der Waals surface area contributed by atoms with Crippen molar-refractivity contribution in [1.82, 2.24) is 15.3 Å². The van der Waals surface area contributed by atoms with Crippen LogP contribution in [0.4, 0.5) is 0 Å². The van der Waals surface area contributed by atoms with Crippen molar-refractivity contribution >= 4 is 5.91 Å². The number of carbonyl (C=O) groups excluding carboxylic acids is 1. The maximum atomic E-state index is 12.9. The maximum absolute atomic E-state index is 12.9. The second-order valence-electron chi connectivity index (χ2n) is 5.46. The Hall–Kier alpha value is -3.41. The standard InChI is InChI=1S/C20H19N3O3/c1-25-17-11-4-3-8-14(17)18(16-10-5-6-12-21-16)23-19(24)15-9-7-13-22-20(15)26-2/h3-13,18H,1-2H3,(H,23,24)/t18-/m0/s1. The highest BCUT2D eigenvalue weighted by Crippen LogP contribution is 2.29. The third-order valence-electron chi connectivity index (χ3n) is 3.92. The van der Waals surface area contributed by atoms with Gasteiger partial charge in [0.05, 0.1) is 19.9 Å². The Kier molecular flexibility index (Phi) is 5.43. The monoisotopic (exact) mass is 349 g/mol. The summed E-state index contributed by atoms with van der Waals surface area (Å²) in [5.74, 6) is 0.628. The Balaban J connectivity index is 2.01. The molecule has 0 saturated heterocycles. The van der Waals surface area contributed by atoms with E-state index in [4.69, 9.17) is 9.47 Å². The smallest absolute Gasteiger partial charge is 0.257 e. The molecule has 0 saturated carbocycles. The Labute approximate surface area is 151 Å². The van der Waals surface area contributed by atoms with Crippen LogP contribution in [0.2, 0.25) is 0 Å². The van der Waals surface area contributed by atoms with Crippen LogP contribution >= 0.6 is 0 Å². The summed E-state index contributed by atoms with van der Waals surface area (Å²) in [6.07, 6.45) is 3.26. The number of methoxy groups -OCH3 is 2. The largest absolute Gasteiger partial charge is 0.496 e. The molecule has 3 aromatic rings. The zero-order valence-electron chi connectivity index (χ0n) is 14.5. The Morgan fingerprint density at radius 2 is 1.69 bits per heavy atom. The predicted molar refractivity (Wildman–Crippen MR) is 97.3 cm³/mol. The number of hydrogen-bond donors (Lipinski definition) is 1. The van der Waals surface area contributed by atoms with E-state index in [0.29, 0.717) is 17.0 Å². The number of rotatable bonds is 6. The first-order valence-electron chi connectivity index (χ1n) is 8.08.